The average Bonchev–Trinajstić information content (AvgIpc) is 3.51. The fraction of sp³-hybridized carbons (Fsp3) is 0.483. The number of aliphatic hydroxyl groups is 1. The molecule has 3 heterocycles. The first-order chi connectivity index (χ1) is 18.2. The molecule has 2 atom stereocenters. The van der Waals surface area contributed by atoms with Crippen LogP contribution in [0.5, 0.6) is 0 Å². The summed E-state index contributed by atoms with van der Waals surface area (Å²) in [4.78, 5) is 30.9. The van der Waals surface area contributed by atoms with Gasteiger partial charge in [0.05, 0.1) is 42.8 Å². The summed E-state index contributed by atoms with van der Waals surface area (Å²) in [7, 11) is 1.34. The van der Waals surface area contributed by atoms with Crippen LogP contribution in [0.25, 0.3) is 11.0 Å². The standard InChI is InChI=1S/C29H38N4O5/c1-19(16-29(2,3)36)31-22-15-23-24(32-27(34)21-12-14-38-18-21)25(28(35)37-4)33(26(23)30-17-22)13-8-11-20-9-6-5-7-10-20/h5-7,9-10,15,17,19,21,31,36H,8,11-14,16,18H2,1-4H3,(H,32,34)/t19-,21+/m1/s1. The Kier molecular flexibility index (Phi) is 8.69. The molecule has 38 heavy (non-hydrogen) atoms. The molecule has 1 aliphatic rings. The Hall–Kier alpha value is -3.43. The van der Waals surface area contributed by atoms with Crippen LogP contribution in [-0.2, 0) is 27.2 Å². The molecule has 1 aliphatic heterocycles. The molecule has 3 aromatic rings. The number of anilines is 2. The van der Waals surface area contributed by atoms with Gasteiger partial charge in [-0.3, -0.25) is 4.79 Å². The summed E-state index contributed by atoms with van der Waals surface area (Å²) in [6.45, 7) is 6.94. The predicted molar refractivity (Wildman–Crippen MR) is 147 cm³/mol. The van der Waals surface area contributed by atoms with Crippen LogP contribution in [0, 0.1) is 5.92 Å². The topological polar surface area (TPSA) is 115 Å². The van der Waals surface area contributed by atoms with Gasteiger partial charge in [-0.15, -0.1) is 0 Å². The Morgan fingerprint density at radius 2 is 2.05 bits per heavy atom. The number of hydrogen-bond acceptors (Lipinski definition) is 7. The first-order valence-electron chi connectivity index (χ1n) is 13.2. The SMILES string of the molecule is COC(=O)c1c(NC(=O)[C@H]2CCOC2)c2cc(N[C@H](C)CC(C)(C)O)cnc2n1CCCc1ccccc1. The lowest BCUT2D eigenvalue weighted by Gasteiger charge is -2.23. The number of ether oxygens (including phenoxy) is 2. The number of amides is 1. The number of benzene rings is 1. The van der Waals surface area contributed by atoms with Crippen molar-refractivity contribution in [1.29, 1.82) is 0 Å². The summed E-state index contributed by atoms with van der Waals surface area (Å²) in [5.74, 6) is -1.01. The molecule has 1 amide bonds. The number of aromatic nitrogens is 2. The normalized spacial score (nSPS) is 16.4. The Labute approximate surface area is 223 Å². The Bertz CT molecular complexity index is 1260. The van der Waals surface area contributed by atoms with Gasteiger partial charge >= 0.3 is 5.97 Å². The Morgan fingerprint density at radius 1 is 1.29 bits per heavy atom. The van der Waals surface area contributed by atoms with Crippen LogP contribution >= 0.6 is 0 Å². The molecule has 0 radical (unpaired) electrons. The number of nitrogens with one attached hydrogen (secondary N) is 2. The van der Waals surface area contributed by atoms with Crippen LogP contribution < -0.4 is 10.6 Å². The molecule has 9 nitrogen and oxygen atoms in total. The average molecular weight is 523 g/mol. The maximum Gasteiger partial charge on any atom is 0.356 e. The van der Waals surface area contributed by atoms with Crippen molar-refractivity contribution in [3.63, 3.8) is 0 Å². The first kappa shape index (κ1) is 27.6. The van der Waals surface area contributed by atoms with E-state index in [9.17, 15) is 14.7 Å². The predicted octanol–water partition coefficient (Wildman–Crippen LogP) is 4.39. The smallest absolute Gasteiger partial charge is 0.356 e. The molecule has 204 valence electrons. The third-order valence-corrected chi connectivity index (χ3v) is 6.73. The Morgan fingerprint density at radius 3 is 2.71 bits per heavy atom. The van der Waals surface area contributed by atoms with Crippen molar-refractivity contribution in [2.45, 2.75) is 64.6 Å². The number of methoxy groups -OCH3 is 1. The highest BCUT2D eigenvalue weighted by Gasteiger charge is 2.30. The number of esters is 1. The third kappa shape index (κ3) is 6.71. The molecule has 0 bridgehead atoms. The van der Waals surface area contributed by atoms with Gasteiger partial charge in [0, 0.05) is 24.6 Å². The number of fused-ring (bicyclic) bond motifs is 1. The van der Waals surface area contributed by atoms with E-state index in [1.807, 2.05) is 35.8 Å². The fourth-order valence-corrected chi connectivity index (χ4v) is 5.09. The van der Waals surface area contributed by atoms with Gasteiger partial charge < -0.3 is 29.8 Å². The molecule has 3 N–H and O–H groups in total. The van der Waals surface area contributed by atoms with Gasteiger partial charge in [0.25, 0.3) is 0 Å². The van der Waals surface area contributed by atoms with Gasteiger partial charge in [-0.25, -0.2) is 9.78 Å². The quantitative estimate of drug-likeness (QED) is 0.320. The number of hydrogen-bond donors (Lipinski definition) is 3. The zero-order chi connectivity index (χ0) is 27.3. The van der Waals surface area contributed by atoms with Crippen molar-refractivity contribution in [1.82, 2.24) is 9.55 Å². The molecule has 1 aromatic carbocycles. The van der Waals surface area contributed by atoms with E-state index in [4.69, 9.17) is 14.5 Å². The molecular formula is C29H38N4O5. The first-order valence-corrected chi connectivity index (χ1v) is 13.2. The molecule has 0 saturated carbocycles. The van der Waals surface area contributed by atoms with Crippen molar-refractivity contribution in [3.05, 3.63) is 53.9 Å². The van der Waals surface area contributed by atoms with E-state index in [1.54, 1.807) is 20.0 Å². The van der Waals surface area contributed by atoms with Crippen LogP contribution in [0.15, 0.2) is 42.6 Å². The Balaban J connectivity index is 1.72. The van der Waals surface area contributed by atoms with E-state index in [0.29, 0.717) is 49.3 Å². The van der Waals surface area contributed by atoms with E-state index in [2.05, 4.69) is 22.8 Å². The summed E-state index contributed by atoms with van der Waals surface area (Å²) in [6.07, 6.45) is 4.48. The van der Waals surface area contributed by atoms with Crippen LogP contribution in [0.1, 0.15) is 56.1 Å². The number of rotatable bonds is 11. The molecule has 9 heteroatoms. The van der Waals surface area contributed by atoms with Crippen LogP contribution in [-0.4, -0.2) is 58.5 Å². The van der Waals surface area contributed by atoms with E-state index < -0.39 is 11.6 Å². The van der Waals surface area contributed by atoms with E-state index in [-0.39, 0.29) is 23.6 Å². The lowest BCUT2D eigenvalue weighted by atomic mass is 10.0. The van der Waals surface area contributed by atoms with Crippen molar-refractivity contribution in [2.75, 3.05) is 31.0 Å². The molecule has 0 unspecified atom stereocenters. The minimum Gasteiger partial charge on any atom is -0.464 e. The second kappa shape index (κ2) is 12.0. The number of pyridine rings is 1. The lowest BCUT2D eigenvalue weighted by Crippen LogP contribution is -2.29. The van der Waals surface area contributed by atoms with Crippen molar-refractivity contribution in [2.24, 2.45) is 5.92 Å². The lowest BCUT2D eigenvalue weighted by molar-refractivity contribution is -0.119. The number of carbonyl (C=O) groups excluding carboxylic acids is 2. The summed E-state index contributed by atoms with van der Waals surface area (Å²) in [5.41, 5.74) is 2.38. The fourth-order valence-electron chi connectivity index (χ4n) is 5.09. The number of nitrogens with zero attached hydrogens (tertiary/aromatic N) is 2. The van der Waals surface area contributed by atoms with Crippen molar-refractivity contribution >= 4 is 34.3 Å². The van der Waals surface area contributed by atoms with E-state index in [1.165, 1.54) is 12.7 Å². The highest BCUT2D eigenvalue weighted by atomic mass is 16.5. The highest BCUT2D eigenvalue weighted by Crippen LogP contribution is 2.34. The molecule has 1 saturated heterocycles. The second-order valence-corrected chi connectivity index (χ2v) is 10.7. The van der Waals surface area contributed by atoms with Crippen LogP contribution in [0.2, 0.25) is 0 Å². The maximum absolute atomic E-state index is 13.1. The van der Waals surface area contributed by atoms with Crippen LogP contribution in [0.3, 0.4) is 0 Å². The molecule has 1 fully saturated rings. The second-order valence-electron chi connectivity index (χ2n) is 10.7. The van der Waals surface area contributed by atoms with Crippen molar-refractivity contribution < 1.29 is 24.2 Å². The minimum atomic E-state index is -0.827. The summed E-state index contributed by atoms with van der Waals surface area (Å²) in [5, 5.41) is 17.3. The largest absolute Gasteiger partial charge is 0.464 e. The molecule has 2 aromatic heterocycles. The molecular weight excluding hydrogens is 484 g/mol. The van der Waals surface area contributed by atoms with Gasteiger partial charge in [0.2, 0.25) is 5.91 Å². The van der Waals surface area contributed by atoms with E-state index >= 15 is 0 Å². The third-order valence-electron chi connectivity index (χ3n) is 6.73. The number of carbonyl (C=O) groups is 2. The zero-order valence-electron chi connectivity index (χ0n) is 22.6. The summed E-state index contributed by atoms with van der Waals surface area (Å²) >= 11 is 0. The van der Waals surface area contributed by atoms with E-state index in [0.717, 1.165) is 18.5 Å². The molecule has 4 rings (SSSR count). The van der Waals surface area contributed by atoms with Crippen molar-refractivity contribution in [3.8, 4) is 0 Å². The van der Waals surface area contributed by atoms with Gasteiger partial charge in [-0.05, 0) is 58.1 Å². The van der Waals surface area contributed by atoms with Gasteiger partial charge in [-0.1, -0.05) is 30.3 Å². The van der Waals surface area contributed by atoms with Crippen LogP contribution in [0.4, 0.5) is 11.4 Å². The monoisotopic (exact) mass is 522 g/mol. The molecule has 0 aliphatic carbocycles. The summed E-state index contributed by atoms with van der Waals surface area (Å²) in [6, 6.07) is 12.0. The highest BCUT2D eigenvalue weighted by molar-refractivity contribution is 6.11. The minimum absolute atomic E-state index is 0.0315. The van der Waals surface area contributed by atoms with Gasteiger partial charge in [0.15, 0.2) is 5.69 Å². The number of aryl methyl sites for hydroxylation is 2. The van der Waals surface area contributed by atoms with Gasteiger partial charge in [0.1, 0.15) is 5.65 Å². The maximum atomic E-state index is 13.1. The van der Waals surface area contributed by atoms with Gasteiger partial charge in [-0.2, -0.15) is 0 Å². The zero-order valence-corrected chi connectivity index (χ0v) is 22.6. The molecule has 0 spiro atoms. The summed E-state index contributed by atoms with van der Waals surface area (Å²) < 4.78 is 12.4.